The van der Waals surface area contributed by atoms with Crippen LogP contribution in [0, 0.1) is 0 Å². The topological polar surface area (TPSA) is 64.6 Å². The van der Waals surface area contributed by atoms with Gasteiger partial charge in [0.25, 0.3) is 5.91 Å². The number of ether oxygens (including phenoxy) is 2. The lowest BCUT2D eigenvalue weighted by atomic mass is 10.1. The number of carbonyl (C=O) groups is 2. The lowest BCUT2D eigenvalue weighted by Crippen LogP contribution is -2.40. The summed E-state index contributed by atoms with van der Waals surface area (Å²) in [6, 6.07) is 6.43. The fraction of sp³-hybridized carbons (Fsp3) is 0.467. The Kier molecular flexibility index (Phi) is 4.74. The highest BCUT2D eigenvalue weighted by Crippen LogP contribution is 2.16. The lowest BCUT2D eigenvalue weighted by molar-refractivity contribution is 0.0600. The van der Waals surface area contributed by atoms with Crippen molar-refractivity contribution in [1.82, 2.24) is 5.32 Å². The normalized spacial score (nSPS) is 19.4. The minimum Gasteiger partial charge on any atom is -0.465 e. The van der Waals surface area contributed by atoms with Gasteiger partial charge in [-0.3, -0.25) is 4.79 Å². The van der Waals surface area contributed by atoms with Crippen molar-refractivity contribution in [3.8, 4) is 0 Å². The second-order valence-corrected chi connectivity index (χ2v) is 4.89. The molecule has 0 saturated carbocycles. The maximum Gasteiger partial charge on any atom is 0.337 e. The maximum atomic E-state index is 12.2. The molecule has 0 radical (unpaired) electrons. The zero-order valence-electron chi connectivity index (χ0n) is 11.7. The molecule has 2 atom stereocenters. The predicted octanol–water partition coefficient (Wildman–Crippen LogP) is 1.77. The van der Waals surface area contributed by atoms with E-state index in [0.717, 1.165) is 19.4 Å². The molecule has 1 aliphatic rings. The van der Waals surface area contributed by atoms with Gasteiger partial charge >= 0.3 is 5.97 Å². The van der Waals surface area contributed by atoms with E-state index in [1.54, 1.807) is 18.2 Å². The zero-order chi connectivity index (χ0) is 14.5. The quantitative estimate of drug-likeness (QED) is 0.852. The van der Waals surface area contributed by atoms with Gasteiger partial charge in [0.2, 0.25) is 0 Å². The Balaban J connectivity index is 2.03. The van der Waals surface area contributed by atoms with Crippen LogP contribution >= 0.6 is 0 Å². The molecule has 1 saturated heterocycles. The number of methoxy groups -OCH3 is 1. The van der Waals surface area contributed by atoms with Crippen LogP contribution in [0.15, 0.2) is 24.3 Å². The highest BCUT2D eigenvalue weighted by atomic mass is 16.5. The molecule has 5 nitrogen and oxygen atoms in total. The number of rotatable bonds is 4. The van der Waals surface area contributed by atoms with Crippen LogP contribution in [0.3, 0.4) is 0 Å². The van der Waals surface area contributed by atoms with E-state index in [0.29, 0.717) is 11.1 Å². The molecule has 1 aromatic rings. The van der Waals surface area contributed by atoms with E-state index in [9.17, 15) is 9.59 Å². The minimum absolute atomic E-state index is 0.0493. The summed E-state index contributed by atoms with van der Waals surface area (Å²) >= 11 is 0. The second-order valence-electron chi connectivity index (χ2n) is 4.89. The van der Waals surface area contributed by atoms with Crippen LogP contribution in [-0.2, 0) is 9.47 Å². The number of amides is 1. The molecule has 1 heterocycles. The smallest absolute Gasteiger partial charge is 0.337 e. The molecule has 0 aromatic heterocycles. The second kappa shape index (κ2) is 6.52. The van der Waals surface area contributed by atoms with Crippen molar-refractivity contribution in [1.29, 1.82) is 0 Å². The van der Waals surface area contributed by atoms with Crippen molar-refractivity contribution in [2.24, 2.45) is 0 Å². The average Bonchev–Trinajstić information content (AvgIpc) is 3.00. The molecular weight excluding hydrogens is 258 g/mol. The predicted molar refractivity (Wildman–Crippen MR) is 73.7 cm³/mol. The Morgan fingerprint density at radius 1 is 1.40 bits per heavy atom. The average molecular weight is 277 g/mol. The molecule has 1 fully saturated rings. The van der Waals surface area contributed by atoms with E-state index in [-0.39, 0.29) is 18.1 Å². The van der Waals surface area contributed by atoms with Gasteiger partial charge in [0.05, 0.1) is 24.8 Å². The summed E-state index contributed by atoms with van der Waals surface area (Å²) in [7, 11) is 1.31. The molecule has 0 aliphatic carbocycles. The van der Waals surface area contributed by atoms with Gasteiger partial charge in [-0.1, -0.05) is 6.07 Å². The van der Waals surface area contributed by atoms with Crippen LogP contribution in [0.4, 0.5) is 0 Å². The largest absolute Gasteiger partial charge is 0.465 e. The molecule has 1 aromatic carbocycles. The van der Waals surface area contributed by atoms with Gasteiger partial charge < -0.3 is 14.8 Å². The van der Waals surface area contributed by atoms with Crippen molar-refractivity contribution >= 4 is 11.9 Å². The lowest BCUT2D eigenvalue weighted by Gasteiger charge is -2.20. The summed E-state index contributed by atoms with van der Waals surface area (Å²) in [6.45, 7) is 2.68. The van der Waals surface area contributed by atoms with Gasteiger partial charge in [-0.05, 0) is 38.0 Å². The summed E-state index contributed by atoms with van der Waals surface area (Å²) in [4.78, 5) is 23.6. The molecule has 1 N–H and O–H groups in total. The third-order valence-electron chi connectivity index (χ3n) is 3.43. The van der Waals surface area contributed by atoms with Crippen LogP contribution < -0.4 is 5.32 Å². The standard InChI is InChI=1S/C15H19NO4/c1-10(13-7-4-8-20-13)16-14(17)11-5-3-6-12(9-11)15(18)19-2/h3,5-6,9-10,13H,4,7-8H2,1-2H3,(H,16,17)/t10-,13+/m1/s1. The first kappa shape index (κ1) is 14.5. The summed E-state index contributed by atoms with van der Waals surface area (Å²) in [5.41, 5.74) is 0.808. The molecule has 5 heteroatoms. The van der Waals surface area contributed by atoms with Gasteiger partial charge in [-0.25, -0.2) is 4.79 Å². The third-order valence-corrected chi connectivity index (χ3v) is 3.43. The van der Waals surface area contributed by atoms with Crippen molar-refractivity contribution in [2.75, 3.05) is 13.7 Å². The Labute approximate surface area is 118 Å². The number of nitrogens with one attached hydrogen (secondary N) is 1. The monoisotopic (exact) mass is 277 g/mol. The van der Waals surface area contributed by atoms with Crippen LogP contribution in [0.5, 0.6) is 0 Å². The molecule has 1 amide bonds. The van der Waals surface area contributed by atoms with Crippen molar-refractivity contribution in [3.63, 3.8) is 0 Å². The third kappa shape index (κ3) is 3.36. The minimum atomic E-state index is -0.452. The Bertz CT molecular complexity index is 494. The number of benzene rings is 1. The van der Waals surface area contributed by atoms with E-state index in [4.69, 9.17) is 4.74 Å². The molecule has 0 spiro atoms. The Morgan fingerprint density at radius 2 is 2.15 bits per heavy atom. The van der Waals surface area contributed by atoms with Gasteiger partial charge in [-0.15, -0.1) is 0 Å². The van der Waals surface area contributed by atoms with Gasteiger partial charge in [-0.2, -0.15) is 0 Å². The summed E-state index contributed by atoms with van der Waals surface area (Å²) in [6.07, 6.45) is 2.06. The van der Waals surface area contributed by atoms with E-state index >= 15 is 0 Å². The first-order valence-electron chi connectivity index (χ1n) is 6.72. The molecule has 0 unspecified atom stereocenters. The van der Waals surface area contributed by atoms with E-state index in [1.165, 1.54) is 13.2 Å². The molecule has 2 rings (SSSR count). The van der Waals surface area contributed by atoms with Crippen LogP contribution in [0.1, 0.15) is 40.5 Å². The van der Waals surface area contributed by atoms with Gasteiger partial charge in [0, 0.05) is 12.2 Å². The fourth-order valence-corrected chi connectivity index (χ4v) is 2.29. The molecule has 108 valence electrons. The van der Waals surface area contributed by atoms with Crippen LogP contribution in [-0.4, -0.2) is 37.7 Å². The van der Waals surface area contributed by atoms with Crippen molar-refractivity contribution in [3.05, 3.63) is 35.4 Å². The first-order valence-corrected chi connectivity index (χ1v) is 6.72. The first-order chi connectivity index (χ1) is 9.61. The Hall–Kier alpha value is -1.88. The fourth-order valence-electron chi connectivity index (χ4n) is 2.29. The maximum absolute atomic E-state index is 12.2. The SMILES string of the molecule is COC(=O)c1cccc(C(=O)N[C@H](C)[C@@H]2CCCO2)c1. The highest BCUT2D eigenvalue weighted by Gasteiger charge is 2.24. The van der Waals surface area contributed by atoms with E-state index in [1.807, 2.05) is 6.92 Å². The Morgan fingerprint density at radius 3 is 2.80 bits per heavy atom. The van der Waals surface area contributed by atoms with E-state index < -0.39 is 5.97 Å². The highest BCUT2D eigenvalue weighted by molar-refractivity contribution is 5.98. The summed E-state index contributed by atoms with van der Waals surface area (Å²) < 4.78 is 10.2. The molecule has 0 bridgehead atoms. The molecule has 20 heavy (non-hydrogen) atoms. The summed E-state index contributed by atoms with van der Waals surface area (Å²) in [5, 5.41) is 2.91. The number of hydrogen-bond acceptors (Lipinski definition) is 4. The van der Waals surface area contributed by atoms with Gasteiger partial charge in [0.15, 0.2) is 0 Å². The van der Waals surface area contributed by atoms with Crippen molar-refractivity contribution < 1.29 is 19.1 Å². The van der Waals surface area contributed by atoms with Crippen LogP contribution in [0.25, 0.3) is 0 Å². The van der Waals surface area contributed by atoms with E-state index in [2.05, 4.69) is 10.1 Å². The number of carbonyl (C=O) groups excluding carboxylic acids is 2. The number of esters is 1. The van der Waals surface area contributed by atoms with Crippen molar-refractivity contribution in [2.45, 2.75) is 31.9 Å². The number of hydrogen-bond donors (Lipinski definition) is 1. The zero-order valence-corrected chi connectivity index (χ0v) is 11.7. The van der Waals surface area contributed by atoms with Gasteiger partial charge in [0.1, 0.15) is 0 Å². The molecule has 1 aliphatic heterocycles. The van der Waals surface area contributed by atoms with Crippen LogP contribution in [0.2, 0.25) is 0 Å². The summed E-state index contributed by atoms with van der Waals surface area (Å²) in [5.74, 6) is -0.662. The molecular formula is C15H19NO4.